The number of halogens is 1. The summed E-state index contributed by atoms with van der Waals surface area (Å²) < 4.78 is 5.78. The van der Waals surface area contributed by atoms with E-state index in [1.54, 1.807) is 18.2 Å². The molecule has 0 fully saturated rings. The van der Waals surface area contributed by atoms with Gasteiger partial charge in [0.1, 0.15) is 12.4 Å². The number of rotatable bonds is 4. The number of benzene rings is 2. The Hall–Kier alpha value is -2.00. The molecule has 0 aliphatic heterocycles. The van der Waals surface area contributed by atoms with Gasteiger partial charge in [-0.2, -0.15) is 0 Å². The van der Waals surface area contributed by atoms with Crippen molar-refractivity contribution < 1.29 is 9.53 Å². The summed E-state index contributed by atoms with van der Waals surface area (Å²) in [6.45, 7) is 4.36. The number of amides is 1. The lowest BCUT2D eigenvalue weighted by Gasteiger charge is -2.11. The highest BCUT2D eigenvalue weighted by Gasteiger charge is 2.07. The Bertz CT molecular complexity index is 653. The van der Waals surface area contributed by atoms with Crippen molar-refractivity contribution in [3.63, 3.8) is 0 Å². The normalized spacial score (nSPS) is 10.3. The van der Waals surface area contributed by atoms with Crippen LogP contribution in [0.2, 0.25) is 5.02 Å². The first kappa shape index (κ1) is 14.4. The Balaban J connectivity index is 2.15. The van der Waals surface area contributed by atoms with E-state index in [4.69, 9.17) is 22.1 Å². The maximum atomic E-state index is 11.1. The molecular formula is C16H16ClNO2. The number of hydrogen-bond donors (Lipinski definition) is 1. The minimum atomic E-state index is -0.492. The lowest BCUT2D eigenvalue weighted by atomic mass is 10.1. The zero-order valence-electron chi connectivity index (χ0n) is 11.4. The Morgan fingerprint density at radius 3 is 2.60 bits per heavy atom. The first-order chi connectivity index (χ1) is 9.47. The van der Waals surface area contributed by atoms with E-state index in [2.05, 4.69) is 0 Å². The number of carbonyl (C=O) groups excluding carboxylic acids is 1. The summed E-state index contributed by atoms with van der Waals surface area (Å²) in [6.07, 6.45) is 0. The molecule has 0 spiro atoms. The van der Waals surface area contributed by atoms with Crippen molar-refractivity contribution in [1.82, 2.24) is 0 Å². The number of hydrogen-bond acceptors (Lipinski definition) is 2. The summed E-state index contributed by atoms with van der Waals surface area (Å²) >= 11 is 6.12. The molecule has 2 N–H and O–H groups in total. The van der Waals surface area contributed by atoms with Gasteiger partial charge < -0.3 is 10.5 Å². The molecule has 0 saturated heterocycles. The van der Waals surface area contributed by atoms with Gasteiger partial charge in [0.2, 0.25) is 5.91 Å². The van der Waals surface area contributed by atoms with Crippen LogP contribution >= 0.6 is 11.6 Å². The van der Waals surface area contributed by atoms with Crippen LogP contribution in [0.25, 0.3) is 0 Å². The van der Waals surface area contributed by atoms with Gasteiger partial charge in [0, 0.05) is 16.1 Å². The Morgan fingerprint density at radius 1 is 1.20 bits per heavy atom. The lowest BCUT2D eigenvalue weighted by Crippen LogP contribution is -2.11. The molecule has 1 amide bonds. The van der Waals surface area contributed by atoms with Crippen LogP contribution in [-0.4, -0.2) is 5.91 Å². The molecule has 0 heterocycles. The molecule has 3 nitrogen and oxygen atoms in total. The van der Waals surface area contributed by atoms with Crippen LogP contribution in [-0.2, 0) is 6.61 Å². The summed E-state index contributed by atoms with van der Waals surface area (Å²) in [6, 6.07) is 11.0. The number of ether oxygens (including phenoxy) is 1. The topological polar surface area (TPSA) is 52.3 Å². The molecule has 2 rings (SSSR count). The van der Waals surface area contributed by atoms with Gasteiger partial charge in [-0.05, 0) is 43.2 Å². The average molecular weight is 290 g/mol. The summed E-state index contributed by atoms with van der Waals surface area (Å²) in [7, 11) is 0. The molecule has 0 saturated carbocycles. The Morgan fingerprint density at radius 2 is 1.95 bits per heavy atom. The standard InChI is InChI=1S/C16H16ClNO2/c1-10-3-4-11(2)15(7-10)20-9-13-6-5-12(16(18)19)8-14(13)17/h3-8H,9H2,1-2H3,(H2,18,19). The van der Waals surface area contributed by atoms with Gasteiger partial charge in [-0.15, -0.1) is 0 Å². The zero-order valence-corrected chi connectivity index (χ0v) is 12.2. The van der Waals surface area contributed by atoms with E-state index in [-0.39, 0.29) is 0 Å². The van der Waals surface area contributed by atoms with Crippen molar-refractivity contribution in [3.05, 3.63) is 63.7 Å². The highest BCUT2D eigenvalue weighted by molar-refractivity contribution is 6.31. The highest BCUT2D eigenvalue weighted by atomic mass is 35.5. The molecule has 0 aromatic heterocycles. The second-order valence-corrected chi connectivity index (χ2v) is 5.14. The first-order valence-corrected chi connectivity index (χ1v) is 6.63. The largest absolute Gasteiger partial charge is 0.489 e. The van der Waals surface area contributed by atoms with Crippen molar-refractivity contribution in [2.45, 2.75) is 20.5 Å². The Kier molecular flexibility index (Phi) is 4.30. The molecule has 2 aromatic carbocycles. The number of nitrogens with two attached hydrogens (primary N) is 1. The monoisotopic (exact) mass is 289 g/mol. The molecule has 0 atom stereocenters. The quantitative estimate of drug-likeness (QED) is 0.934. The highest BCUT2D eigenvalue weighted by Crippen LogP contribution is 2.23. The molecule has 2 aromatic rings. The molecule has 0 unspecified atom stereocenters. The predicted molar refractivity (Wildman–Crippen MR) is 80.2 cm³/mol. The predicted octanol–water partition coefficient (Wildman–Crippen LogP) is 3.63. The second-order valence-electron chi connectivity index (χ2n) is 4.73. The molecule has 20 heavy (non-hydrogen) atoms. The van der Waals surface area contributed by atoms with Crippen LogP contribution in [0.5, 0.6) is 5.75 Å². The second kappa shape index (κ2) is 5.97. The van der Waals surface area contributed by atoms with Gasteiger partial charge in [0.25, 0.3) is 0 Å². The first-order valence-electron chi connectivity index (χ1n) is 6.25. The summed E-state index contributed by atoms with van der Waals surface area (Å²) in [5.74, 6) is 0.342. The molecule has 104 valence electrons. The van der Waals surface area contributed by atoms with Gasteiger partial charge in [0.05, 0.1) is 0 Å². The van der Waals surface area contributed by atoms with Crippen LogP contribution in [0.3, 0.4) is 0 Å². The molecule has 0 aliphatic rings. The number of carbonyl (C=O) groups is 1. The molecule has 0 bridgehead atoms. The van der Waals surface area contributed by atoms with Crippen molar-refractivity contribution >= 4 is 17.5 Å². The third-order valence-corrected chi connectivity index (χ3v) is 3.42. The minimum absolute atomic E-state index is 0.349. The van der Waals surface area contributed by atoms with Crippen LogP contribution < -0.4 is 10.5 Å². The van der Waals surface area contributed by atoms with Gasteiger partial charge in [-0.25, -0.2) is 0 Å². The summed E-state index contributed by atoms with van der Waals surface area (Å²) in [5, 5.41) is 0.478. The molecule has 0 aliphatic carbocycles. The van der Waals surface area contributed by atoms with Gasteiger partial charge in [0.15, 0.2) is 0 Å². The maximum Gasteiger partial charge on any atom is 0.248 e. The third-order valence-electron chi connectivity index (χ3n) is 3.06. The smallest absolute Gasteiger partial charge is 0.248 e. The van der Waals surface area contributed by atoms with Crippen LogP contribution in [0.4, 0.5) is 0 Å². The van der Waals surface area contributed by atoms with Crippen LogP contribution in [0.15, 0.2) is 36.4 Å². The van der Waals surface area contributed by atoms with E-state index in [1.165, 1.54) is 0 Å². The fourth-order valence-corrected chi connectivity index (χ4v) is 2.07. The van der Waals surface area contributed by atoms with E-state index < -0.39 is 5.91 Å². The SMILES string of the molecule is Cc1ccc(C)c(OCc2ccc(C(N)=O)cc2Cl)c1. The van der Waals surface area contributed by atoms with Gasteiger partial charge in [-0.1, -0.05) is 29.8 Å². The third kappa shape index (κ3) is 3.31. The van der Waals surface area contributed by atoms with Crippen LogP contribution in [0, 0.1) is 13.8 Å². The summed E-state index contributed by atoms with van der Waals surface area (Å²) in [5.41, 5.74) is 8.63. The van der Waals surface area contributed by atoms with Crippen molar-refractivity contribution in [2.24, 2.45) is 5.73 Å². The van der Waals surface area contributed by atoms with E-state index in [1.807, 2.05) is 32.0 Å². The van der Waals surface area contributed by atoms with E-state index >= 15 is 0 Å². The minimum Gasteiger partial charge on any atom is -0.489 e. The van der Waals surface area contributed by atoms with Gasteiger partial charge in [-0.3, -0.25) is 4.79 Å². The molecule has 4 heteroatoms. The number of primary amides is 1. The van der Waals surface area contributed by atoms with Crippen molar-refractivity contribution in [2.75, 3.05) is 0 Å². The van der Waals surface area contributed by atoms with E-state index in [0.717, 1.165) is 22.4 Å². The average Bonchev–Trinajstić information content (AvgIpc) is 2.40. The molecule has 0 radical (unpaired) electrons. The number of aryl methyl sites for hydroxylation is 2. The van der Waals surface area contributed by atoms with Crippen LogP contribution in [0.1, 0.15) is 27.0 Å². The Labute approximate surface area is 123 Å². The van der Waals surface area contributed by atoms with Crippen molar-refractivity contribution in [1.29, 1.82) is 0 Å². The summed E-state index contributed by atoms with van der Waals surface area (Å²) in [4.78, 5) is 11.1. The van der Waals surface area contributed by atoms with Gasteiger partial charge >= 0.3 is 0 Å². The fraction of sp³-hybridized carbons (Fsp3) is 0.188. The fourth-order valence-electron chi connectivity index (χ4n) is 1.84. The van der Waals surface area contributed by atoms with E-state index in [0.29, 0.717) is 17.2 Å². The maximum absolute atomic E-state index is 11.1. The lowest BCUT2D eigenvalue weighted by molar-refractivity contribution is 0.1000. The van der Waals surface area contributed by atoms with E-state index in [9.17, 15) is 4.79 Å². The van der Waals surface area contributed by atoms with Crippen molar-refractivity contribution in [3.8, 4) is 5.75 Å². The molecular weight excluding hydrogens is 274 g/mol. The zero-order chi connectivity index (χ0) is 14.7.